The monoisotopic (exact) mass is 539 g/mol. The molecular formula is C29H41N5O3S. The van der Waals surface area contributed by atoms with E-state index in [1.807, 2.05) is 18.2 Å². The number of nitrogens with one attached hydrogen (secondary N) is 1. The maximum atomic E-state index is 13.3. The summed E-state index contributed by atoms with van der Waals surface area (Å²) in [6, 6.07) is 15.2. The minimum absolute atomic E-state index is 0.0897. The number of piperazine rings is 1. The maximum absolute atomic E-state index is 13.3. The second kappa shape index (κ2) is 12.6. The average Bonchev–Trinajstić information content (AvgIpc) is 3.79. The summed E-state index contributed by atoms with van der Waals surface area (Å²) in [5, 5.41) is 2.99. The zero-order valence-corrected chi connectivity index (χ0v) is 23.5. The number of nitrogens with zero attached hydrogens (tertiary/aromatic N) is 4. The van der Waals surface area contributed by atoms with Gasteiger partial charge < -0.3 is 15.0 Å². The van der Waals surface area contributed by atoms with Crippen molar-refractivity contribution >= 4 is 22.6 Å². The molecule has 1 saturated carbocycles. The number of fused-ring (bicyclic) bond motifs is 1. The molecule has 0 aromatic heterocycles. The fraction of sp³-hybridized carbons (Fsp3) is 0.552. The van der Waals surface area contributed by atoms with Crippen molar-refractivity contribution in [1.82, 2.24) is 19.4 Å². The van der Waals surface area contributed by atoms with E-state index in [4.69, 9.17) is 4.74 Å². The molecule has 1 aliphatic carbocycles. The van der Waals surface area contributed by atoms with Crippen LogP contribution < -0.4 is 15.0 Å². The van der Waals surface area contributed by atoms with E-state index in [0.29, 0.717) is 17.2 Å². The van der Waals surface area contributed by atoms with Crippen LogP contribution in [0.25, 0.3) is 0 Å². The van der Waals surface area contributed by atoms with Crippen molar-refractivity contribution < 1.29 is 13.7 Å². The van der Waals surface area contributed by atoms with Crippen molar-refractivity contribution in [2.45, 2.75) is 43.2 Å². The lowest BCUT2D eigenvalue weighted by atomic mass is 10.00. The van der Waals surface area contributed by atoms with Crippen LogP contribution >= 0.6 is 0 Å². The van der Waals surface area contributed by atoms with Gasteiger partial charge in [-0.25, -0.2) is 8.51 Å². The molecule has 1 N–H and O–H groups in total. The van der Waals surface area contributed by atoms with Crippen molar-refractivity contribution in [2.24, 2.45) is 0 Å². The summed E-state index contributed by atoms with van der Waals surface area (Å²) in [5.74, 6) is 0.361. The van der Waals surface area contributed by atoms with Gasteiger partial charge in [-0.15, -0.1) is 0 Å². The van der Waals surface area contributed by atoms with Gasteiger partial charge in [0, 0.05) is 58.4 Å². The van der Waals surface area contributed by atoms with Crippen LogP contribution in [-0.4, -0.2) is 96.8 Å². The van der Waals surface area contributed by atoms with E-state index in [1.165, 1.54) is 24.0 Å². The van der Waals surface area contributed by atoms with E-state index >= 15 is 0 Å². The van der Waals surface area contributed by atoms with Crippen molar-refractivity contribution in [2.75, 3.05) is 71.4 Å². The van der Waals surface area contributed by atoms with Crippen LogP contribution in [0.4, 0.5) is 5.69 Å². The molecule has 2 heterocycles. The SMILES string of the molecule is CN(C)S(=O)c1c(OCC(=O)NCCCN2CCc3ccccc3C2)cccc1N1CCN(C2CC2)CC1. The molecule has 1 amide bonds. The number of anilines is 1. The molecule has 2 aliphatic heterocycles. The lowest BCUT2D eigenvalue weighted by Crippen LogP contribution is -2.47. The summed E-state index contributed by atoms with van der Waals surface area (Å²) in [7, 11) is 2.21. The van der Waals surface area contributed by atoms with Gasteiger partial charge in [0.2, 0.25) is 0 Å². The molecule has 2 aromatic carbocycles. The molecule has 0 radical (unpaired) electrons. The van der Waals surface area contributed by atoms with Crippen molar-refractivity contribution in [3.63, 3.8) is 0 Å². The van der Waals surface area contributed by atoms with Gasteiger partial charge in [-0.2, -0.15) is 0 Å². The number of hydrogen-bond acceptors (Lipinski definition) is 6. The van der Waals surface area contributed by atoms with Crippen molar-refractivity contribution in [3.05, 3.63) is 53.6 Å². The number of carbonyl (C=O) groups excluding carboxylic acids is 1. The Bertz CT molecular complexity index is 1130. The highest BCUT2D eigenvalue weighted by atomic mass is 32.2. The molecule has 206 valence electrons. The molecule has 5 rings (SSSR count). The number of amides is 1. The van der Waals surface area contributed by atoms with Gasteiger partial charge in [-0.3, -0.25) is 14.6 Å². The summed E-state index contributed by atoms with van der Waals surface area (Å²) in [6.45, 7) is 7.37. The zero-order valence-electron chi connectivity index (χ0n) is 22.7. The normalized spacial score (nSPS) is 19.3. The number of hydrogen-bond donors (Lipinski definition) is 1. The third-order valence-corrected chi connectivity index (χ3v) is 9.15. The minimum Gasteiger partial charge on any atom is -0.482 e. The summed E-state index contributed by atoms with van der Waals surface area (Å²) in [5.41, 5.74) is 3.80. The van der Waals surface area contributed by atoms with Crippen molar-refractivity contribution in [1.29, 1.82) is 0 Å². The lowest BCUT2D eigenvalue weighted by Gasteiger charge is -2.37. The number of benzene rings is 2. The predicted octanol–water partition coefficient (Wildman–Crippen LogP) is 2.50. The summed E-state index contributed by atoms with van der Waals surface area (Å²) in [6.07, 6.45) is 4.61. The molecule has 0 bridgehead atoms. The Kier molecular flexibility index (Phi) is 8.99. The van der Waals surface area contributed by atoms with Crippen LogP contribution in [0.15, 0.2) is 47.4 Å². The van der Waals surface area contributed by atoms with Crippen LogP contribution in [0.5, 0.6) is 5.75 Å². The Morgan fingerprint density at radius 1 is 1.03 bits per heavy atom. The number of ether oxygens (including phenoxy) is 1. The first-order valence-corrected chi connectivity index (χ1v) is 15.0. The fourth-order valence-electron chi connectivity index (χ4n) is 5.46. The summed E-state index contributed by atoms with van der Waals surface area (Å²) >= 11 is 0. The molecule has 1 saturated heterocycles. The van der Waals surface area contributed by atoms with Gasteiger partial charge in [0.1, 0.15) is 21.6 Å². The van der Waals surface area contributed by atoms with E-state index in [0.717, 1.165) is 70.4 Å². The Hall–Kier alpha value is -2.46. The highest BCUT2D eigenvalue weighted by Crippen LogP contribution is 2.35. The molecule has 1 unspecified atom stereocenters. The Morgan fingerprint density at radius 3 is 2.53 bits per heavy atom. The fourth-order valence-corrected chi connectivity index (χ4v) is 6.50. The molecule has 0 spiro atoms. The molecule has 2 aromatic rings. The van der Waals surface area contributed by atoms with Gasteiger partial charge >= 0.3 is 0 Å². The molecule has 3 aliphatic rings. The second-order valence-electron chi connectivity index (χ2n) is 10.7. The number of rotatable bonds is 11. The van der Waals surface area contributed by atoms with E-state index in [-0.39, 0.29) is 12.5 Å². The van der Waals surface area contributed by atoms with Gasteiger partial charge in [0.05, 0.1) is 5.69 Å². The highest BCUT2D eigenvalue weighted by molar-refractivity contribution is 7.83. The van der Waals surface area contributed by atoms with E-state index < -0.39 is 11.0 Å². The van der Waals surface area contributed by atoms with Crippen LogP contribution in [0.3, 0.4) is 0 Å². The summed E-state index contributed by atoms with van der Waals surface area (Å²) < 4.78 is 21.0. The van der Waals surface area contributed by atoms with Gasteiger partial charge in [0.15, 0.2) is 6.61 Å². The van der Waals surface area contributed by atoms with Gasteiger partial charge in [-0.05, 0) is 63.0 Å². The second-order valence-corrected chi connectivity index (χ2v) is 12.3. The molecule has 1 atom stereocenters. The van der Waals surface area contributed by atoms with Crippen LogP contribution in [0.1, 0.15) is 30.4 Å². The van der Waals surface area contributed by atoms with E-state index in [2.05, 4.69) is 44.3 Å². The maximum Gasteiger partial charge on any atom is 0.257 e. The third kappa shape index (κ3) is 6.75. The quantitative estimate of drug-likeness (QED) is 0.443. The average molecular weight is 540 g/mol. The molecule has 9 heteroatoms. The van der Waals surface area contributed by atoms with Crippen LogP contribution in [0.2, 0.25) is 0 Å². The van der Waals surface area contributed by atoms with Crippen molar-refractivity contribution in [3.8, 4) is 5.75 Å². The molecule has 38 heavy (non-hydrogen) atoms. The number of carbonyl (C=O) groups is 1. The standard InChI is InChI=1S/C29H41N5O3S/c1-31(2)38(36)29-26(34-19-17-33(18-20-34)25-11-12-25)9-5-10-27(29)37-22-28(35)30-14-6-15-32-16-13-23-7-3-4-8-24(23)21-32/h3-5,7-10,25H,6,11-22H2,1-2H3,(H,30,35). The molecule has 2 fully saturated rings. The minimum atomic E-state index is -1.39. The largest absolute Gasteiger partial charge is 0.482 e. The first-order valence-electron chi connectivity index (χ1n) is 13.9. The van der Waals surface area contributed by atoms with Crippen LogP contribution in [0, 0.1) is 0 Å². The highest BCUT2D eigenvalue weighted by Gasteiger charge is 2.32. The first-order chi connectivity index (χ1) is 18.5. The van der Waals surface area contributed by atoms with E-state index in [9.17, 15) is 9.00 Å². The van der Waals surface area contributed by atoms with Crippen LogP contribution in [-0.2, 0) is 28.7 Å². The smallest absolute Gasteiger partial charge is 0.257 e. The lowest BCUT2D eigenvalue weighted by molar-refractivity contribution is -0.123. The third-order valence-electron chi connectivity index (χ3n) is 7.72. The predicted molar refractivity (Wildman–Crippen MR) is 152 cm³/mol. The zero-order chi connectivity index (χ0) is 26.5. The summed E-state index contributed by atoms with van der Waals surface area (Å²) in [4.78, 5) is 20.6. The van der Waals surface area contributed by atoms with E-state index in [1.54, 1.807) is 18.4 Å². The van der Waals surface area contributed by atoms with Gasteiger partial charge in [0.25, 0.3) is 5.91 Å². The molecule has 8 nitrogen and oxygen atoms in total. The Morgan fingerprint density at radius 2 is 1.79 bits per heavy atom. The Labute approximate surface area is 229 Å². The topological polar surface area (TPSA) is 68.4 Å². The Balaban J connectivity index is 1.12. The first kappa shape index (κ1) is 27.1. The molecular weight excluding hydrogens is 498 g/mol. The van der Waals surface area contributed by atoms with Gasteiger partial charge in [-0.1, -0.05) is 30.3 Å².